The highest BCUT2D eigenvalue weighted by atomic mass is 79.9. The van der Waals surface area contributed by atoms with Crippen molar-refractivity contribution in [2.45, 2.75) is 31.7 Å². The minimum atomic E-state index is 0.382. The van der Waals surface area contributed by atoms with E-state index in [9.17, 15) is 0 Å². The van der Waals surface area contributed by atoms with Gasteiger partial charge < -0.3 is 5.73 Å². The van der Waals surface area contributed by atoms with Gasteiger partial charge in [0.2, 0.25) is 0 Å². The van der Waals surface area contributed by atoms with Crippen LogP contribution < -0.4 is 5.73 Å². The lowest BCUT2D eigenvalue weighted by atomic mass is 9.90. The molecule has 1 saturated carbocycles. The van der Waals surface area contributed by atoms with Crippen molar-refractivity contribution in [1.29, 1.82) is 0 Å². The Balaban J connectivity index is 2.14. The lowest BCUT2D eigenvalue weighted by molar-refractivity contribution is 0.520. The van der Waals surface area contributed by atoms with Gasteiger partial charge in [-0.25, -0.2) is 0 Å². The molecule has 1 atom stereocenters. The van der Waals surface area contributed by atoms with Crippen LogP contribution in [0.1, 0.15) is 31.2 Å². The second kappa shape index (κ2) is 4.60. The van der Waals surface area contributed by atoms with Crippen LogP contribution in [0.5, 0.6) is 0 Å². The highest BCUT2D eigenvalue weighted by molar-refractivity contribution is 9.11. The maximum absolute atomic E-state index is 5.94. The van der Waals surface area contributed by atoms with E-state index >= 15 is 0 Å². The monoisotopic (exact) mass is 271 g/mol. The Morgan fingerprint density at radius 1 is 1.57 bits per heavy atom. The molecule has 76 valence electrons. The van der Waals surface area contributed by atoms with Crippen molar-refractivity contribution < 1.29 is 0 Å². The summed E-state index contributed by atoms with van der Waals surface area (Å²) in [7, 11) is 0. The summed E-state index contributed by atoms with van der Waals surface area (Å²) in [5.41, 5.74) is 8.75. The van der Waals surface area contributed by atoms with E-state index in [2.05, 4.69) is 33.5 Å². The summed E-state index contributed by atoms with van der Waals surface area (Å²) in [5, 5.41) is 2.11. The first-order valence-corrected chi connectivity index (χ1v) is 6.61. The van der Waals surface area contributed by atoms with Crippen LogP contribution in [0.15, 0.2) is 20.8 Å². The average Bonchev–Trinajstić information content (AvgIpc) is 2.52. The number of rotatable bonds is 1. The van der Waals surface area contributed by atoms with Crippen molar-refractivity contribution in [3.8, 4) is 0 Å². The number of hydrogen-bond acceptors (Lipinski definition) is 2. The van der Waals surface area contributed by atoms with Gasteiger partial charge in [0.1, 0.15) is 0 Å². The molecule has 1 fully saturated rings. The van der Waals surface area contributed by atoms with E-state index in [0.29, 0.717) is 6.04 Å². The third kappa shape index (κ3) is 2.47. The third-order valence-corrected chi connectivity index (χ3v) is 4.34. The van der Waals surface area contributed by atoms with Gasteiger partial charge in [-0.1, -0.05) is 11.6 Å². The molecule has 0 aromatic carbocycles. The quantitative estimate of drug-likeness (QED) is 0.826. The maximum Gasteiger partial charge on any atom is 0.0770 e. The Labute approximate surface area is 97.1 Å². The van der Waals surface area contributed by atoms with Crippen molar-refractivity contribution in [3.05, 3.63) is 26.4 Å². The van der Waals surface area contributed by atoms with Gasteiger partial charge in [0.25, 0.3) is 0 Å². The zero-order chi connectivity index (χ0) is 9.97. The van der Waals surface area contributed by atoms with Gasteiger partial charge in [0.15, 0.2) is 0 Å². The Hall–Kier alpha value is -0.120. The van der Waals surface area contributed by atoms with E-state index in [-0.39, 0.29) is 0 Å². The Kier molecular flexibility index (Phi) is 3.42. The molecule has 0 saturated heterocycles. The molecule has 2 rings (SSSR count). The molecule has 0 spiro atoms. The molecular formula is C11H14BrNS. The summed E-state index contributed by atoms with van der Waals surface area (Å²) < 4.78 is 1.23. The Morgan fingerprint density at radius 2 is 2.43 bits per heavy atom. The third-order valence-electron chi connectivity index (χ3n) is 2.60. The van der Waals surface area contributed by atoms with Crippen LogP contribution in [0.3, 0.4) is 0 Å². The molecule has 1 aromatic heterocycles. The van der Waals surface area contributed by atoms with Crippen molar-refractivity contribution in [1.82, 2.24) is 0 Å². The second-order valence-corrected chi connectivity index (χ2v) is 6.04. The highest BCUT2D eigenvalue weighted by Crippen LogP contribution is 2.29. The largest absolute Gasteiger partial charge is 0.327 e. The van der Waals surface area contributed by atoms with E-state index in [1.54, 1.807) is 11.3 Å². The van der Waals surface area contributed by atoms with E-state index in [0.717, 1.165) is 6.42 Å². The minimum absolute atomic E-state index is 0.382. The number of halogens is 1. The van der Waals surface area contributed by atoms with Crippen LogP contribution >= 0.6 is 27.3 Å². The normalized spacial score (nSPS) is 25.6. The molecule has 0 bridgehead atoms. The van der Waals surface area contributed by atoms with Crippen LogP contribution in [0, 0.1) is 0 Å². The number of nitrogens with two attached hydrogens (primary N) is 1. The van der Waals surface area contributed by atoms with Crippen molar-refractivity contribution in [3.63, 3.8) is 0 Å². The van der Waals surface area contributed by atoms with Gasteiger partial charge in [0.05, 0.1) is 3.79 Å². The van der Waals surface area contributed by atoms with Crippen LogP contribution in [0.4, 0.5) is 0 Å². The standard InChI is InChI=1S/C11H14BrNS/c12-11-9(4-5-14-11)6-8-2-1-3-10(13)7-8/h4-6,10H,1-3,7,13H2/b8-6-. The molecular weight excluding hydrogens is 258 g/mol. The molecule has 1 nitrogen and oxygen atoms in total. The second-order valence-electron chi connectivity index (χ2n) is 3.81. The molecule has 1 heterocycles. The zero-order valence-electron chi connectivity index (χ0n) is 8.00. The molecule has 1 aromatic rings. The molecule has 1 aliphatic rings. The summed E-state index contributed by atoms with van der Waals surface area (Å²) in [5.74, 6) is 0. The molecule has 2 N–H and O–H groups in total. The van der Waals surface area contributed by atoms with Crippen molar-refractivity contribution >= 4 is 33.3 Å². The Bertz CT molecular complexity index is 343. The molecule has 0 amide bonds. The highest BCUT2D eigenvalue weighted by Gasteiger charge is 2.13. The summed E-state index contributed by atoms with van der Waals surface area (Å²) in [6.45, 7) is 0. The summed E-state index contributed by atoms with van der Waals surface area (Å²) in [4.78, 5) is 0. The van der Waals surface area contributed by atoms with Crippen molar-refractivity contribution in [2.24, 2.45) is 5.73 Å². The fraction of sp³-hybridized carbons (Fsp3) is 0.455. The van der Waals surface area contributed by atoms with Crippen LogP contribution in [0.2, 0.25) is 0 Å². The van der Waals surface area contributed by atoms with Gasteiger partial charge in [-0.05, 0) is 58.6 Å². The fourth-order valence-electron chi connectivity index (χ4n) is 1.89. The first kappa shape index (κ1) is 10.4. The average molecular weight is 272 g/mol. The van der Waals surface area contributed by atoms with Gasteiger partial charge in [-0.2, -0.15) is 0 Å². The topological polar surface area (TPSA) is 26.0 Å². The minimum Gasteiger partial charge on any atom is -0.327 e. The van der Waals surface area contributed by atoms with Gasteiger partial charge in [0, 0.05) is 6.04 Å². The maximum atomic E-state index is 5.94. The SMILES string of the molecule is NC1CCC/C(=C/c2ccsc2Br)C1. The summed E-state index contributed by atoms with van der Waals surface area (Å²) in [6, 6.07) is 2.54. The van der Waals surface area contributed by atoms with Crippen molar-refractivity contribution in [2.75, 3.05) is 0 Å². The smallest absolute Gasteiger partial charge is 0.0770 e. The fourth-order valence-corrected chi connectivity index (χ4v) is 3.06. The van der Waals surface area contributed by atoms with E-state index in [1.165, 1.54) is 34.2 Å². The molecule has 1 unspecified atom stereocenters. The van der Waals surface area contributed by atoms with E-state index < -0.39 is 0 Å². The van der Waals surface area contributed by atoms with Crippen LogP contribution in [-0.4, -0.2) is 6.04 Å². The lowest BCUT2D eigenvalue weighted by Gasteiger charge is -2.20. The van der Waals surface area contributed by atoms with Gasteiger partial charge >= 0.3 is 0 Å². The number of thiophene rings is 1. The predicted octanol–water partition coefficient (Wildman–Crippen LogP) is 3.80. The van der Waals surface area contributed by atoms with Crippen LogP contribution in [-0.2, 0) is 0 Å². The predicted molar refractivity (Wildman–Crippen MR) is 66.4 cm³/mol. The van der Waals surface area contributed by atoms with Gasteiger partial charge in [-0.15, -0.1) is 11.3 Å². The molecule has 0 aliphatic heterocycles. The van der Waals surface area contributed by atoms with Crippen LogP contribution in [0.25, 0.3) is 6.08 Å². The van der Waals surface area contributed by atoms with E-state index in [1.807, 2.05) is 0 Å². The summed E-state index contributed by atoms with van der Waals surface area (Å²) in [6.07, 6.45) is 7.01. The molecule has 14 heavy (non-hydrogen) atoms. The Morgan fingerprint density at radius 3 is 3.07 bits per heavy atom. The first-order chi connectivity index (χ1) is 6.75. The van der Waals surface area contributed by atoms with Gasteiger partial charge in [-0.3, -0.25) is 0 Å². The zero-order valence-corrected chi connectivity index (χ0v) is 10.4. The number of hydrogen-bond donors (Lipinski definition) is 1. The summed E-state index contributed by atoms with van der Waals surface area (Å²) >= 11 is 5.29. The lowest BCUT2D eigenvalue weighted by Crippen LogP contribution is -2.23. The first-order valence-electron chi connectivity index (χ1n) is 4.94. The molecule has 3 heteroatoms. The molecule has 0 radical (unpaired) electrons. The van der Waals surface area contributed by atoms with E-state index in [4.69, 9.17) is 5.73 Å². The molecule has 1 aliphatic carbocycles.